The fourth-order valence-electron chi connectivity index (χ4n) is 5.79. The molecule has 0 spiro atoms. The van der Waals surface area contributed by atoms with Crippen LogP contribution >= 0.6 is 11.8 Å². The molecule has 1 atom stereocenters. The molecular weight excluding hydrogens is 486 g/mol. The molecule has 1 aromatic carbocycles. The van der Waals surface area contributed by atoms with Crippen LogP contribution in [-0.2, 0) is 29.2 Å². The molecule has 37 heavy (non-hydrogen) atoms. The molecule has 6 rings (SSSR count). The molecule has 3 aliphatic rings. The lowest BCUT2D eigenvalue weighted by Gasteiger charge is -2.29. The van der Waals surface area contributed by atoms with E-state index < -0.39 is 6.04 Å². The lowest BCUT2D eigenvalue weighted by atomic mass is 10.0. The van der Waals surface area contributed by atoms with E-state index in [1.807, 2.05) is 30.0 Å². The van der Waals surface area contributed by atoms with Crippen LogP contribution in [0.25, 0.3) is 22.3 Å². The molecule has 2 fully saturated rings. The predicted octanol–water partition coefficient (Wildman–Crippen LogP) is 3.42. The molecule has 192 valence electrons. The van der Waals surface area contributed by atoms with Crippen molar-refractivity contribution in [3.63, 3.8) is 0 Å². The Balaban J connectivity index is 1.34. The van der Waals surface area contributed by atoms with Gasteiger partial charge in [-0.25, -0.2) is 4.98 Å². The second-order valence-electron chi connectivity index (χ2n) is 10.2. The summed E-state index contributed by atoms with van der Waals surface area (Å²) in [5, 5.41) is 3.58. The van der Waals surface area contributed by atoms with Crippen molar-refractivity contribution in [3.05, 3.63) is 53.2 Å². The Morgan fingerprint density at radius 3 is 2.73 bits per heavy atom. The number of hydrogen-bond donors (Lipinski definition) is 1. The van der Waals surface area contributed by atoms with Crippen LogP contribution in [0, 0.1) is 0 Å². The van der Waals surface area contributed by atoms with Crippen molar-refractivity contribution < 1.29 is 14.4 Å². The fourth-order valence-corrected chi connectivity index (χ4v) is 6.17. The number of nitrogens with zero attached hydrogens (tertiary/aromatic N) is 4. The summed E-state index contributed by atoms with van der Waals surface area (Å²) in [7, 11) is 0. The average Bonchev–Trinajstić information content (AvgIpc) is 3.62. The first-order valence-electron chi connectivity index (χ1n) is 13.0. The minimum absolute atomic E-state index is 0.153. The van der Waals surface area contributed by atoms with Gasteiger partial charge < -0.3 is 9.47 Å². The van der Waals surface area contributed by atoms with Gasteiger partial charge in [-0.2, -0.15) is 11.8 Å². The molecule has 1 N–H and O–H groups in total. The highest BCUT2D eigenvalue weighted by Crippen LogP contribution is 2.33. The van der Waals surface area contributed by atoms with Gasteiger partial charge in [0, 0.05) is 54.5 Å². The lowest BCUT2D eigenvalue weighted by molar-refractivity contribution is -0.136. The number of imide groups is 1. The van der Waals surface area contributed by atoms with Crippen LogP contribution in [0.1, 0.15) is 47.2 Å². The smallest absolute Gasteiger partial charge is 0.255 e. The minimum Gasteiger partial charge on any atom is -0.332 e. The third-order valence-corrected chi connectivity index (χ3v) is 8.36. The highest BCUT2D eigenvalue weighted by atomic mass is 32.2. The van der Waals surface area contributed by atoms with Gasteiger partial charge in [-0.05, 0) is 74.0 Å². The number of aromatic nitrogens is 2. The van der Waals surface area contributed by atoms with E-state index >= 15 is 0 Å². The quantitative estimate of drug-likeness (QED) is 0.484. The fraction of sp³-hybridized carbons (Fsp3) is 0.429. The van der Waals surface area contributed by atoms with Gasteiger partial charge in [-0.15, -0.1) is 0 Å². The molecule has 0 bridgehead atoms. The summed E-state index contributed by atoms with van der Waals surface area (Å²) >= 11 is 1.82. The largest absolute Gasteiger partial charge is 0.332 e. The Kier molecular flexibility index (Phi) is 6.50. The van der Waals surface area contributed by atoms with Gasteiger partial charge in [0.25, 0.3) is 5.91 Å². The van der Waals surface area contributed by atoms with Crippen molar-refractivity contribution in [2.75, 3.05) is 25.1 Å². The van der Waals surface area contributed by atoms with Gasteiger partial charge in [0.1, 0.15) is 11.7 Å². The van der Waals surface area contributed by atoms with Crippen LogP contribution in [0.5, 0.6) is 0 Å². The summed E-state index contributed by atoms with van der Waals surface area (Å²) < 4.78 is 2.24. The van der Waals surface area contributed by atoms with Crippen LogP contribution in [-0.4, -0.2) is 68.2 Å². The molecule has 9 heteroatoms. The van der Waals surface area contributed by atoms with Gasteiger partial charge >= 0.3 is 0 Å². The third kappa shape index (κ3) is 4.55. The number of rotatable bonds is 7. The highest BCUT2D eigenvalue weighted by Gasteiger charge is 2.39. The number of amides is 3. The van der Waals surface area contributed by atoms with Crippen LogP contribution in [0.4, 0.5) is 0 Å². The zero-order valence-electron chi connectivity index (χ0n) is 21.0. The first-order chi connectivity index (χ1) is 18.0. The predicted molar refractivity (Wildman–Crippen MR) is 144 cm³/mol. The van der Waals surface area contributed by atoms with Crippen molar-refractivity contribution in [1.29, 1.82) is 0 Å². The number of thioether (sulfide) groups is 1. The minimum atomic E-state index is -0.609. The number of aryl methyl sites for hydroxylation is 1. The van der Waals surface area contributed by atoms with Crippen LogP contribution in [0.3, 0.4) is 0 Å². The van der Waals surface area contributed by atoms with Crippen LogP contribution < -0.4 is 5.32 Å². The first-order valence-corrected chi connectivity index (χ1v) is 14.4. The van der Waals surface area contributed by atoms with Crippen molar-refractivity contribution >= 4 is 40.5 Å². The number of hydrogen-bond acceptors (Lipinski definition) is 6. The summed E-state index contributed by atoms with van der Waals surface area (Å²) in [5.41, 5.74) is 5.68. The van der Waals surface area contributed by atoms with E-state index in [1.165, 1.54) is 23.8 Å². The topological polar surface area (TPSA) is 87.5 Å². The first kappa shape index (κ1) is 24.2. The second kappa shape index (κ2) is 9.95. The molecule has 2 saturated heterocycles. The normalized spacial score (nSPS) is 20.2. The molecule has 0 aliphatic carbocycles. The third-order valence-electron chi connectivity index (χ3n) is 7.77. The molecule has 3 aliphatic heterocycles. The summed E-state index contributed by atoms with van der Waals surface area (Å²) in [4.78, 5) is 46.3. The Labute approximate surface area is 220 Å². The van der Waals surface area contributed by atoms with Gasteiger partial charge in [0.2, 0.25) is 11.8 Å². The zero-order valence-corrected chi connectivity index (χ0v) is 21.9. The molecule has 0 saturated carbocycles. The zero-order chi connectivity index (χ0) is 25.5. The van der Waals surface area contributed by atoms with E-state index in [1.54, 1.807) is 4.90 Å². The lowest BCUT2D eigenvalue weighted by Crippen LogP contribution is -2.52. The standard InChI is InChI=1S/C28H31N5O3S/c1-37-13-12-32-11-8-21-20(16-31-9-2-3-10-31)15-23(29-26(21)32)18-4-5-22-19(14-18)17-33(28(22)36)24-6-7-25(34)30-27(24)35/h4-5,8,11,14-15,24H,2-3,6-7,9-10,12-13,16-17H2,1H3,(H,30,34,35). The van der Waals surface area contributed by atoms with Gasteiger partial charge in [-0.1, -0.05) is 6.07 Å². The Hall–Kier alpha value is -3.17. The molecule has 8 nitrogen and oxygen atoms in total. The van der Waals surface area contributed by atoms with Crippen molar-refractivity contribution in [3.8, 4) is 11.3 Å². The molecule has 1 unspecified atom stereocenters. The molecular formula is C28H31N5O3S. The Morgan fingerprint density at radius 1 is 1.11 bits per heavy atom. The number of carbonyl (C=O) groups is 3. The summed E-state index contributed by atoms with van der Waals surface area (Å²) in [6.45, 7) is 4.43. The van der Waals surface area contributed by atoms with Crippen molar-refractivity contribution in [2.24, 2.45) is 0 Å². The molecule has 5 heterocycles. The van der Waals surface area contributed by atoms with Crippen molar-refractivity contribution in [2.45, 2.75) is 51.4 Å². The Bertz CT molecular complexity index is 1390. The maximum absolute atomic E-state index is 13.1. The van der Waals surface area contributed by atoms with Crippen LogP contribution in [0.2, 0.25) is 0 Å². The van der Waals surface area contributed by atoms with Gasteiger partial charge in [-0.3, -0.25) is 24.6 Å². The summed E-state index contributed by atoms with van der Waals surface area (Å²) in [6.07, 6.45) is 7.37. The van der Waals surface area contributed by atoms with E-state index in [9.17, 15) is 14.4 Å². The monoisotopic (exact) mass is 517 g/mol. The van der Waals surface area contributed by atoms with Gasteiger partial charge in [0.15, 0.2) is 0 Å². The van der Waals surface area contributed by atoms with Gasteiger partial charge in [0.05, 0.1) is 5.69 Å². The summed E-state index contributed by atoms with van der Waals surface area (Å²) in [6, 6.07) is 9.66. The van der Waals surface area contributed by atoms with E-state index in [0.29, 0.717) is 18.5 Å². The average molecular weight is 518 g/mol. The molecule has 0 radical (unpaired) electrons. The maximum Gasteiger partial charge on any atom is 0.255 e. The number of carbonyl (C=O) groups excluding carboxylic acids is 3. The van der Waals surface area contributed by atoms with E-state index in [2.05, 4.69) is 39.4 Å². The maximum atomic E-state index is 13.1. The number of likely N-dealkylation sites (tertiary alicyclic amines) is 1. The SMILES string of the molecule is CSCCn1ccc2c(CN3CCCC3)cc(-c3ccc4c(c3)CN(C3CCC(=O)NC3=O)C4=O)nc21. The molecule has 2 aromatic heterocycles. The van der Waals surface area contributed by atoms with E-state index in [-0.39, 0.29) is 24.1 Å². The number of fused-ring (bicyclic) bond motifs is 2. The van der Waals surface area contributed by atoms with Crippen LogP contribution in [0.15, 0.2) is 36.5 Å². The molecule has 3 amide bonds. The van der Waals surface area contributed by atoms with E-state index in [4.69, 9.17) is 4.98 Å². The number of nitrogens with one attached hydrogen (secondary N) is 1. The second-order valence-corrected chi connectivity index (χ2v) is 11.1. The highest BCUT2D eigenvalue weighted by molar-refractivity contribution is 7.98. The Morgan fingerprint density at radius 2 is 1.95 bits per heavy atom. The van der Waals surface area contributed by atoms with E-state index in [0.717, 1.165) is 54.4 Å². The molecule has 3 aromatic rings. The number of piperidine rings is 1. The summed E-state index contributed by atoms with van der Waals surface area (Å²) in [5.74, 6) is 0.206. The number of pyridine rings is 1. The van der Waals surface area contributed by atoms with Crippen molar-refractivity contribution in [1.82, 2.24) is 24.7 Å². The number of benzene rings is 1.